The highest BCUT2D eigenvalue weighted by Gasteiger charge is 2.17. The van der Waals surface area contributed by atoms with Gasteiger partial charge in [-0.15, -0.1) is 0 Å². The standard InChI is InChI=1S/C38H24O/c1-3-11-25(12-4-1)27-19-21-35-33(23-27)34-24-28(20-22-36(34)39-35)38-31-17-9-7-15-29(31)37(26-13-5-2-6-14-26)30-16-8-10-18-32(30)38/h1-24H/i2D,5D,6D,13D,14D,15D,16D,17D,18D. The van der Waals surface area contributed by atoms with Crippen LogP contribution in [0.25, 0.3) is 76.9 Å². The number of hydrogen-bond acceptors (Lipinski definition) is 1. The van der Waals surface area contributed by atoms with Crippen molar-refractivity contribution in [2.24, 2.45) is 0 Å². The lowest BCUT2D eigenvalue weighted by molar-refractivity contribution is 0.669. The van der Waals surface area contributed by atoms with E-state index in [0.29, 0.717) is 22.3 Å². The van der Waals surface area contributed by atoms with Crippen molar-refractivity contribution in [2.45, 2.75) is 0 Å². The Bertz CT molecular complexity index is 2560. The first kappa shape index (κ1) is 14.7. The Labute approximate surface area is 239 Å². The zero-order valence-corrected chi connectivity index (χ0v) is 20.6. The van der Waals surface area contributed by atoms with Crippen molar-refractivity contribution in [3.05, 3.63) is 145 Å². The monoisotopic (exact) mass is 505 g/mol. The van der Waals surface area contributed by atoms with Crippen LogP contribution in [0.5, 0.6) is 0 Å². The van der Waals surface area contributed by atoms with Gasteiger partial charge in [0.25, 0.3) is 0 Å². The second-order valence-electron chi connectivity index (χ2n) is 9.38. The molecule has 0 bridgehead atoms. The lowest BCUT2D eigenvalue weighted by Crippen LogP contribution is -1.90. The second kappa shape index (κ2) is 8.72. The smallest absolute Gasteiger partial charge is 0.135 e. The molecule has 0 aliphatic carbocycles. The van der Waals surface area contributed by atoms with Gasteiger partial charge >= 0.3 is 0 Å². The summed E-state index contributed by atoms with van der Waals surface area (Å²) >= 11 is 0. The van der Waals surface area contributed by atoms with E-state index >= 15 is 0 Å². The van der Waals surface area contributed by atoms with Gasteiger partial charge in [0.2, 0.25) is 0 Å². The highest BCUT2D eigenvalue weighted by molar-refractivity contribution is 6.22. The topological polar surface area (TPSA) is 13.1 Å². The van der Waals surface area contributed by atoms with Gasteiger partial charge < -0.3 is 4.42 Å². The summed E-state index contributed by atoms with van der Waals surface area (Å²) < 4.78 is 85.1. The predicted octanol–water partition coefficient (Wildman–Crippen LogP) is 10.9. The van der Waals surface area contributed by atoms with Crippen molar-refractivity contribution in [3.63, 3.8) is 0 Å². The van der Waals surface area contributed by atoms with Gasteiger partial charge in [-0.25, -0.2) is 0 Å². The molecular formula is C38H24O. The third-order valence-electron chi connectivity index (χ3n) is 7.19. The molecule has 7 aromatic carbocycles. The molecule has 0 spiro atoms. The van der Waals surface area contributed by atoms with Gasteiger partial charge in [-0.3, -0.25) is 0 Å². The largest absolute Gasteiger partial charge is 0.456 e. The third kappa shape index (κ3) is 3.48. The minimum atomic E-state index is -0.561. The zero-order chi connectivity index (χ0) is 33.6. The maximum atomic E-state index is 9.11. The summed E-state index contributed by atoms with van der Waals surface area (Å²) in [5, 5.41) is 2.59. The lowest BCUT2D eigenvalue weighted by Gasteiger charge is -2.17. The van der Waals surface area contributed by atoms with Crippen molar-refractivity contribution < 1.29 is 16.8 Å². The van der Waals surface area contributed by atoms with Crippen LogP contribution in [0.4, 0.5) is 0 Å². The Balaban J connectivity index is 1.54. The molecule has 1 nitrogen and oxygen atoms in total. The van der Waals surface area contributed by atoms with Gasteiger partial charge in [-0.05, 0) is 79.2 Å². The lowest BCUT2D eigenvalue weighted by atomic mass is 9.86. The Morgan fingerprint density at radius 1 is 0.385 bits per heavy atom. The number of furan rings is 1. The van der Waals surface area contributed by atoms with Crippen LogP contribution in [0.15, 0.2) is 150 Å². The molecule has 8 rings (SSSR count). The highest BCUT2D eigenvalue weighted by Crippen LogP contribution is 2.44. The average Bonchev–Trinajstić information content (AvgIpc) is 3.47. The van der Waals surface area contributed by atoms with Crippen molar-refractivity contribution >= 4 is 43.5 Å². The molecule has 0 aliphatic heterocycles. The van der Waals surface area contributed by atoms with Crippen molar-refractivity contribution in [2.75, 3.05) is 0 Å². The molecule has 0 amide bonds. The molecule has 39 heavy (non-hydrogen) atoms. The maximum Gasteiger partial charge on any atom is 0.135 e. The number of hydrogen-bond donors (Lipinski definition) is 0. The molecule has 0 aliphatic rings. The van der Waals surface area contributed by atoms with E-state index in [9.17, 15) is 0 Å². The minimum Gasteiger partial charge on any atom is -0.456 e. The molecule has 0 saturated heterocycles. The Morgan fingerprint density at radius 2 is 0.897 bits per heavy atom. The summed E-state index contributed by atoms with van der Waals surface area (Å²) in [6, 6.07) is 24.8. The summed E-state index contributed by atoms with van der Waals surface area (Å²) in [6.07, 6.45) is 0. The van der Waals surface area contributed by atoms with Gasteiger partial charge in [0.15, 0.2) is 0 Å². The van der Waals surface area contributed by atoms with E-state index in [2.05, 4.69) is 6.07 Å². The number of benzene rings is 7. The second-order valence-corrected chi connectivity index (χ2v) is 9.38. The van der Waals surface area contributed by atoms with Crippen molar-refractivity contribution in [1.29, 1.82) is 0 Å². The van der Waals surface area contributed by atoms with E-state index in [0.717, 1.165) is 21.9 Å². The average molecular weight is 506 g/mol. The number of rotatable bonds is 3. The molecule has 0 fully saturated rings. The molecule has 1 heteroatoms. The van der Waals surface area contributed by atoms with Crippen LogP contribution in [-0.2, 0) is 0 Å². The van der Waals surface area contributed by atoms with Crippen LogP contribution in [0.3, 0.4) is 0 Å². The Kier molecular flexibility index (Phi) is 3.29. The molecule has 0 atom stereocenters. The predicted molar refractivity (Wildman–Crippen MR) is 165 cm³/mol. The molecule has 1 aromatic heterocycles. The molecule has 1 heterocycles. The summed E-state index contributed by atoms with van der Waals surface area (Å²) in [6.45, 7) is 0. The molecule has 0 N–H and O–H groups in total. The highest BCUT2D eigenvalue weighted by atomic mass is 16.3. The first-order valence-electron chi connectivity index (χ1n) is 17.1. The maximum absolute atomic E-state index is 9.11. The van der Waals surface area contributed by atoms with Crippen LogP contribution >= 0.6 is 0 Å². The summed E-state index contributed by atoms with van der Waals surface area (Å²) in [5.41, 5.74) is 4.36. The fourth-order valence-corrected chi connectivity index (χ4v) is 5.48. The molecule has 182 valence electrons. The van der Waals surface area contributed by atoms with Crippen molar-refractivity contribution in [3.8, 4) is 33.4 Å². The Morgan fingerprint density at radius 3 is 1.49 bits per heavy atom. The number of fused-ring (bicyclic) bond motifs is 5. The summed E-state index contributed by atoms with van der Waals surface area (Å²) in [7, 11) is 0. The summed E-state index contributed by atoms with van der Waals surface area (Å²) in [5.74, 6) is 0. The van der Waals surface area contributed by atoms with Crippen LogP contribution in [-0.4, -0.2) is 0 Å². The van der Waals surface area contributed by atoms with Gasteiger partial charge in [0.1, 0.15) is 11.2 Å². The fraction of sp³-hybridized carbons (Fsp3) is 0. The van der Waals surface area contributed by atoms with Crippen LogP contribution in [0, 0.1) is 0 Å². The van der Waals surface area contributed by atoms with E-state index in [-0.39, 0.29) is 56.8 Å². The van der Waals surface area contributed by atoms with Crippen molar-refractivity contribution in [1.82, 2.24) is 0 Å². The van der Waals surface area contributed by atoms with Crippen LogP contribution < -0.4 is 0 Å². The van der Waals surface area contributed by atoms with E-state index in [1.54, 1.807) is 0 Å². The SMILES string of the molecule is [2H]c1c([2H])c([2H])c(-c2c3c([2H])ccc([2H])c3c(-c3ccc4oc5ccc(-c6ccccc6)cc5c4c3)c3c([2H])ccc([2H])c23)c([2H])c1[2H]. The first-order chi connectivity index (χ1) is 23.1. The quantitative estimate of drug-likeness (QED) is 0.218. The van der Waals surface area contributed by atoms with Gasteiger partial charge in [-0.1, -0.05) is 121 Å². The Hall–Kier alpha value is -5.14. The van der Waals surface area contributed by atoms with Crippen LogP contribution in [0.2, 0.25) is 0 Å². The molecule has 0 unspecified atom stereocenters. The third-order valence-corrected chi connectivity index (χ3v) is 7.19. The first-order valence-corrected chi connectivity index (χ1v) is 12.6. The molecule has 0 radical (unpaired) electrons. The van der Waals surface area contributed by atoms with Gasteiger partial charge in [-0.2, -0.15) is 0 Å². The van der Waals surface area contributed by atoms with Gasteiger partial charge in [0.05, 0.1) is 12.3 Å². The van der Waals surface area contributed by atoms with E-state index in [1.807, 2.05) is 60.7 Å². The van der Waals surface area contributed by atoms with E-state index in [1.165, 1.54) is 24.3 Å². The van der Waals surface area contributed by atoms with Crippen LogP contribution in [0.1, 0.15) is 12.3 Å². The zero-order valence-electron chi connectivity index (χ0n) is 29.6. The fourth-order valence-electron chi connectivity index (χ4n) is 5.48. The molecular weight excluding hydrogens is 472 g/mol. The summed E-state index contributed by atoms with van der Waals surface area (Å²) in [4.78, 5) is 0. The molecule has 8 aromatic rings. The minimum absolute atomic E-state index is 0.0322. The normalized spacial score (nSPS) is 14.8. The molecule has 0 saturated carbocycles. The van der Waals surface area contributed by atoms with Gasteiger partial charge in [0, 0.05) is 10.8 Å². The van der Waals surface area contributed by atoms with E-state index < -0.39 is 30.2 Å². The van der Waals surface area contributed by atoms with E-state index in [4.69, 9.17) is 16.8 Å².